The van der Waals surface area contributed by atoms with Crippen LogP contribution >= 0.6 is 0 Å². The van der Waals surface area contributed by atoms with Gasteiger partial charge in [0.15, 0.2) is 5.78 Å². The van der Waals surface area contributed by atoms with E-state index in [1.807, 2.05) is 6.07 Å². The Balaban J connectivity index is 2.48. The largest absolute Gasteiger partial charge is 0.337 e. The zero-order chi connectivity index (χ0) is 12.2. The van der Waals surface area contributed by atoms with Crippen LogP contribution in [0.5, 0.6) is 0 Å². The number of carbonyl (C=O) groups excluding carboxylic acids is 1. The minimum atomic E-state index is 0.0141. The summed E-state index contributed by atoms with van der Waals surface area (Å²) in [5, 5.41) is 1.24. The predicted molar refractivity (Wildman–Crippen MR) is 69.6 cm³/mol. The van der Waals surface area contributed by atoms with Crippen molar-refractivity contribution in [2.45, 2.75) is 39.2 Å². The van der Waals surface area contributed by atoms with Gasteiger partial charge in [-0.1, -0.05) is 39.0 Å². The molecule has 1 aromatic heterocycles. The number of hydrogen-bond acceptors (Lipinski definition) is 1. The van der Waals surface area contributed by atoms with Gasteiger partial charge < -0.3 is 4.57 Å². The van der Waals surface area contributed by atoms with Crippen molar-refractivity contribution in [3.63, 3.8) is 0 Å². The van der Waals surface area contributed by atoms with E-state index in [1.165, 1.54) is 16.5 Å². The number of ketones is 1. The van der Waals surface area contributed by atoms with Gasteiger partial charge >= 0.3 is 0 Å². The molecule has 0 fully saturated rings. The second-order valence-corrected chi connectivity index (χ2v) is 5.82. The summed E-state index contributed by atoms with van der Waals surface area (Å²) in [6, 6.07) is 8.35. The lowest BCUT2D eigenvalue weighted by Crippen LogP contribution is -2.15. The van der Waals surface area contributed by atoms with Crippen LogP contribution in [0.3, 0.4) is 0 Å². The van der Waals surface area contributed by atoms with Gasteiger partial charge in [-0.05, 0) is 17.0 Å². The van der Waals surface area contributed by atoms with Gasteiger partial charge in [0.25, 0.3) is 0 Å². The number of benzene rings is 1. The molecule has 0 amide bonds. The summed E-state index contributed by atoms with van der Waals surface area (Å²) in [7, 11) is 0. The van der Waals surface area contributed by atoms with E-state index in [0.717, 1.165) is 12.2 Å². The molecule has 1 aliphatic heterocycles. The summed E-state index contributed by atoms with van der Waals surface area (Å²) in [4.78, 5) is 12.1. The third-order valence-electron chi connectivity index (χ3n) is 3.55. The third-order valence-corrected chi connectivity index (χ3v) is 3.55. The normalized spacial score (nSPS) is 15.6. The maximum Gasteiger partial charge on any atom is 0.181 e. The van der Waals surface area contributed by atoms with Crippen molar-refractivity contribution in [1.29, 1.82) is 0 Å². The topological polar surface area (TPSA) is 22.0 Å². The Kier molecular flexibility index (Phi) is 2.00. The second kappa shape index (κ2) is 3.22. The standard InChI is InChI=1S/C15H17NO/c1-15(2,3)13-10-6-4-5-7-11(10)16-9-8-12(17)14(13)16/h4-7H,8-9H2,1-3H3. The van der Waals surface area contributed by atoms with Crippen LogP contribution < -0.4 is 0 Å². The molecule has 2 nitrogen and oxygen atoms in total. The number of para-hydroxylation sites is 1. The zero-order valence-corrected chi connectivity index (χ0v) is 10.6. The molecule has 0 N–H and O–H groups in total. The third kappa shape index (κ3) is 1.36. The van der Waals surface area contributed by atoms with Crippen LogP contribution in [0.25, 0.3) is 10.9 Å². The van der Waals surface area contributed by atoms with Crippen molar-refractivity contribution in [2.75, 3.05) is 0 Å². The molecule has 3 rings (SSSR count). The van der Waals surface area contributed by atoms with Gasteiger partial charge in [-0.15, -0.1) is 0 Å². The Morgan fingerprint density at radius 2 is 1.88 bits per heavy atom. The van der Waals surface area contributed by atoms with E-state index in [0.29, 0.717) is 12.2 Å². The number of nitrogens with zero attached hydrogens (tertiary/aromatic N) is 1. The van der Waals surface area contributed by atoms with E-state index in [4.69, 9.17) is 0 Å². The summed E-state index contributed by atoms with van der Waals surface area (Å²) in [5.41, 5.74) is 3.38. The summed E-state index contributed by atoms with van der Waals surface area (Å²) >= 11 is 0. The quantitative estimate of drug-likeness (QED) is 0.675. The highest BCUT2D eigenvalue weighted by molar-refractivity contribution is 6.05. The number of aryl methyl sites for hydroxylation is 1. The predicted octanol–water partition coefficient (Wildman–Crippen LogP) is 3.53. The number of Topliss-reactive ketones (excluding diaryl/α,β-unsaturated/α-hetero) is 1. The number of rotatable bonds is 0. The first kappa shape index (κ1) is 10.6. The number of hydrogen-bond donors (Lipinski definition) is 0. The van der Waals surface area contributed by atoms with Gasteiger partial charge in [-0.25, -0.2) is 0 Å². The fourth-order valence-corrected chi connectivity index (χ4v) is 2.92. The minimum absolute atomic E-state index is 0.0141. The van der Waals surface area contributed by atoms with Crippen molar-refractivity contribution in [1.82, 2.24) is 4.57 Å². The van der Waals surface area contributed by atoms with Crippen molar-refractivity contribution in [3.8, 4) is 0 Å². The summed E-state index contributed by atoms with van der Waals surface area (Å²) in [6.45, 7) is 7.38. The lowest BCUT2D eigenvalue weighted by Gasteiger charge is -2.19. The molecule has 2 aromatic rings. The Hall–Kier alpha value is -1.57. The molecule has 0 saturated carbocycles. The van der Waals surface area contributed by atoms with Crippen LogP contribution in [0.4, 0.5) is 0 Å². The monoisotopic (exact) mass is 227 g/mol. The number of carbonyl (C=O) groups is 1. The second-order valence-electron chi connectivity index (χ2n) is 5.82. The lowest BCUT2D eigenvalue weighted by atomic mass is 9.84. The molecule has 0 spiro atoms. The molecule has 17 heavy (non-hydrogen) atoms. The molecule has 2 heteroatoms. The molecule has 1 aromatic carbocycles. The maximum atomic E-state index is 12.1. The van der Waals surface area contributed by atoms with Crippen LogP contribution in [0.15, 0.2) is 24.3 Å². The van der Waals surface area contributed by atoms with Gasteiger partial charge in [0.05, 0.1) is 5.69 Å². The van der Waals surface area contributed by atoms with Crippen molar-refractivity contribution >= 4 is 16.7 Å². The first-order valence-corrected chi connectivity index (χ1v) is 6.15. The number of fused-ring (bicyclic) bond motifs is 3. The van der Waals surface area contributed by atoms with E-state index in [1.54, 1.807) is 0 Å². The molecular formula is C15H17NO. The molecule has 0 unspecified atom stereocenters. The number of aromatic nitrogens is 1. The van der Waals surface area contributed by atoms with Crippen molar-refractivity contribution in [3.05, 3.63) is 35.5 Å². The van der Waals surface area contributed by atoms with Crippen molar-refractivity contribution in [2.24, 2.45) is 0 Å². The highest BCUT2D eigenvalue weighted by Gasteiger charge is 2.32. The maximum absolute atomic E-state index is 12.1. The van der Waals surface area contributed by atoms with E-state index in [9.17, 15) is 4.79 Å². The van der Waals surface area contributed by atoms with Crippen molar-refractivity contribution < 1.29 is 4.79 Å². The Morgan fingerprint density at radius 3 is 2.59 bits per heavy atom. The summed E-state index contributed by atoms with van der Waals surface area (Å²) in [6.07, 6.45) is 0.656. The van der Waals surface area contributed by atoms with E-state index in [2.05, 4.69) is 43.5 Å². The van der Waals surface area contributed by atoms with Crippen LogP contribution in [0, 0.1) is 0 Å². The molecule has 0 saturated heterocycles. The highest BCUT2D eigenvalue weighted by Crippen LogP contribution is 2.38. The Bertz CT molecular complexity index is 614. The average molecular weight is 227 g/mol. The molecule has 88 valence electrons. The smallest absolute Gasteiger partial charge is 0.181 e. The van der Waals surface area contributed by atoms with Gasteiger partial charge in [-0.3, -0.25) is 4.79 Å². The first-order valence-electron chi connectivity index (χ1n) is 6.15. The molecule has 0 radical (unpaired) electrons. The summed E-state index contributed by atoms with van der Waals surface area (Å²) < 4.78 is 2.19. The Morgan fingerprint density at radius 1 is 1.18 bits per heavy atom. The lowest BCUT2D eigenvalue weighted by molar-refractivity contribution is 0.0992. The fraction of sp³-hybridized carbons (Fsp3) is 0.400. The van der Waals surface area contributed by atoms with Gasteiger partial charge in [-0.2, -0.15) is 0 Å². The van der Waals surface area contributed by atoms with Crippen LogP contribution in [0.1, 0.15) is 43.2 Å². The highest BCUT2D eigenvalue weighted by atomic mass is 16.1. The summed E-state index contributed by atoms with van der Waals surface area (Å²) in [5.74, 6) is 0.297. The SMILES string of the molecule is CC(C)(C)c1c2n(c3ccccc13)CCC2=O. The molecular weight excluding hydrogens is 210 g/mol. The molecule has 1 aliphatic rings. The first-order chi connectivity index (χ1) is 8.00. The minimum Gasteiger partial charge on any atom is -0.337 e. The van der Waals surface area contributed by atoms with Gasteiger partial charge in [0.2, 0.25) is 0 Å². The zero-order valence-electron chi connectivity index (χ0n) is 10.6. The fourth-order valence-electron chi connectivity index (χ4n) is 2.92. The molecule has 2 heterocycles. The van der Waals surface area contributed by atoms with Crippen LogP contribution in [-0.2, 0) is 12.0 Å². The van der Waals surface area contributed by atoms with E-state index >= 15 is 0 Å². The van der Waals surface area contributed by atoms with Gasteiger partial charge in [0, 0.05) is 23.9 Å². The van der Waals surface area contributed by atoms with Crippen LogP contribution in [-0.4, -0.2) is 10.4 Å². The average Bonchev–Trinajstić information content (AvgIpc) is 2.76. The van der Waals surface area contributed by atoms with Gasteiger partial charge in [0.1, 0.15) is 0 Å². The molecule has 0 bridgehead atoms. The molecule has 0 atom stereocenters. The van der Waals surface area contributed by atoms with E-state index < -0.39 is 0 Å². The van der Waals surface area contributed by atoms with E-state index in [-0.39, 0.29) is 5.41 Å². The Labute approximate surface area is 101 Å². The van der Waals surface area contributed by atoms with Crippen LogP contribution in [0.2, 0.25) is 0 Å². The molecule has 0 aliphatic carbocycles.